The molecular formula is C13H27N3O3S. The molecular weight excluding hydrogens is 278 g/mol. The fourth-order valence-corrected chi connectivity index (χ4v) is 4.45. The lowest BCUT2D eigenvalue weighted by Crippen LogP contribution is -2.51. The lowest BCUT2D eigenvalue weighted by atomic mass is 10.0. The fourth-order valence-electron chi connectivity index (χ4n) is 2.90. The van der Waals surface area contributed by atoms with E-state index in [0.29, 0.717) is 19.0 Å². The van der Waals surface area contributed by atoms with E-state index in [0.717, 1.165) is 45.7 Å². The quantitative estimate of drug-likeness (QED) is 0.792. The Morgan fingerprint density at radius 1 is 1.30 bits per heavy atom. The third kappa shape index (κ3) is 4.66. The molecule has 0 spiro atoms. The largest absolute Gasteiger partial charge is 0.379 e. The number of nitrogens with zero attached hydrogens (tertiary/aromatic N) is 2. The number of nitrogens with one attached hydrogen (secondary N) is 1. The van der Waals surface area contributed by atoms with E-state index in [2.05, 4.69) is 16.5 Å². The van der Waals surface area contributed by atoms with Gasteiger partial charge in [0, 0.05) is 38.8 Å². The molecule has 7 heteroatoms. The van der Waals surface area contributed by atoms with E-state index >= 15 is 0 Å². The number of morpholine rings is 1. The van der Waals surface area contributed by atoms with Gasteiger partial charge in [0.25, 0.3) is 10.2 Å². The highest BCUT2D eigenvalue weighted by atomic mass is 32.2. The number of ether oxygens (including phenoxy) is 1. The maximum absolute atomic E-state index is 12.4. The molecule has 0 saturated carbocycles. The summed E-state index contributed by atoms with van der Waals surface area (Å²) in [4.78, 5) is 2.25. The molecule has 0 amide bonds. The van der Waals surface area contributed by atoms with Gasteiger partial charge in [-0.25, -0.2) is 0 Å². The van der Waals surface area contributed by atoms with Crippen molar-refractivity contribution in [3.63, 3.8) is 0 Å². The van der Waals surface area contributed by atoms with Crippen molar-refractivity contribution in [1.29, 1.82) is 0 Å². The van der Waals surface area contributed by atoms with Crippen LogP contribution in [0.25, 0.3) is 0 Å². The van der Waals surface area contributed by atoms with Crippen molar-refractivity contribution in [2.75, 3.05) is 45.9 Å². The molecule has 0 aromatic rings. The predicted octanol–water partition coefficient (Wildman–Crippen LogP) is 0.273. The van der Waals surface area contributed by atoms with E-state index in [4.69, 9.17) is 4.74 Å². The minimum atomic E-state index is -3.34. The average molecular weight is 305 g/mol. The maximum Gasteiger partial charge on any atom is 0.279 e. The molecule has 0 aromatic carbocycles. The van der Waals surface area contributed by atoms with Crippen molar-refractivity contribution in [1.82, 2.24) is 13.9 Å². The van der Waals surface area contributed by atoms with Gasteiger partial charge in [-0.2, -0.15) is 17.4 Å². The van der Waals surface area contributed by atoms with Crippen molar-refractivity contribution in [2.24, 2.45) is 5.92 Å². The van der Waals surface area contributed by atoms with Crippen LogP contribution in [0.1, 0.15) is 26.7 Å². The Labute approximate surface area is 122 Å². The van der Waals surface area contributed by atoms with Gasteiger partial charge in [-0.15, -0.1) is 0 Å². The SMILES string of the molecule is C[C@@H]1CCCN(S(=O)(=O)N[C@@H](C)CN2CCOCC2)C1. The highest BCUT2D eigenvalue weighted by Crippen LogP contribution is 2.17. The van der Waals surface area contributed by atoms with Crippen molar-refractivity contribution in [3.05, 3.63) is 0 Å². The zero-order valence-electron chi connectivity index (χ0n) is 12.5. The summed E-state index contributed by atoms with van der Waals surface area (Å²) in [5.41, 5.74) is 0. The summed E-state index contributed by atoms with van der Waals surface area (Å²) >= 11 is 0. The second-order valence-electron chi connectivity index (χ2n) is 6.04. The van der Waals surface area contributed by atoms with Crippen molar-refractivity contribution < 1.29 is 13.2 Å². The van der Waals surface area contributed by atoms with Gasteiger partial charge in [0.2, 0.25) is 0 Å². The first kappa shape index (κ1) is 16.2. The van der Waals surface area contributed by atoms with E-state index in [1.807, 2.05) is 6.92 Å². The van der Waals surface area contributed by atoms with Crippen LogP contribution in [-0.4, -0.2) is 69.6 Å². The van der Waals surface area contributed by atoms with Gasteiger partial charge in [-0.1, -0.05) is 6.92 Å². The van der Waals surface area contributed by atoms with Crippen LogP contribution in [-0.2, 0) is 14.9 Å². The first-order chi connectivity index (χ1) is 9.47. The first-order valence-electron chi connectivity index (χ1n) is 7.55. The topological polar surface area (TPSA) is 61.9 Å². The lowest BCUT2D eigenvalue weighted by molar-refractivity contribution is 0.0353. The zero-order chi connectivity index (χ0) is 14.6. The van der Waals surface area contributed by atoms with Crippen LogP contribution in [0.15, 0.2) is 0 Å². The molecule has 2 rings (SSSR count). The summed E-state index contributed by atoms with van der Waals surface area (Å²) in [6.45, 7) is 9.31. The van der Waals surface area contributed by atoms with Gasteiger partial charge < -0.3 is 4.74 Å². The van der Waals surface area contributed by atoms with Gasteiger partial charge in [-0.3, -0.25) is 4.90 Å². The number of rotatable bonds is 5. The number of hydrogen-bond donors (Lipinski definition) is 1. The summed E-state index contributed by atoms with van der Waals surface area (Å²) in [7, 11) is -3.34. The van der Waals surface area contributed by atoms with Crippen LogP contribution < -0.4 is 4.72 Å². The van der Waals surface area contributed by atoms with Crippen LogP contribution in [0.3, 0.4) is 0 Å². The molecule has 2 saturated heterocycles. The second kappa shape index (κ2) is 7.17. The Morgan fingerprint density at radius 3 is 2.65 bits per heavy atom. The monoisotopic (exact) mass is 305 g/mol. The molecule has 6 nitrogen and oxygen atoms in total. The molecule has 0 radical (unpaired) electrons. The standard InChI is InChI=1S/C13H27N3O3S/c1-12-4-3-5-16(10-12)20(17,18)14-13(2)11-15-6-8-19-9-7-15/h12-14H,3-11H2,1-2H3/t12-,13+/m1/s1. The van der Waals surface area contributed by atoms with Crippen LogP contribution in [0.2, 0.25) is 0 Å². The number of piperidine rings is 1. The van der Waals surface area contributed by atoms with Gasteiger partial charge in [0.1, 0.15) is 0 Å². The van der Waals surface area contributed by atoms with E-state index < -0.39 is 10.2 Å². The van der Waals surface area contributed by atoms with Gasteiger partial charge >= 0.3 is 0 Å². The number of hydrogen-bond acceptors (Lipinski definition) is 4. The molecule has 0 aromatic heterocycles. The molecule has 0 bridgehead atoms. The Kier molecular flexibility index (Phi) is 5.80. The molecule has 2 heterocycles. The highest BCUT2D eigenvalue weighted by Gasteiger charge is 2.28. The van der Waals surface area contributed by atoms with Crippen molar-refractivity contribution in [2.45, 2.75) is 32.7 Å². The fraction of sp³-hybridized carbons (Fsp3) is 1.00. The smallest absolute Gasteiger partial charge is 0.279 e. The van der Waals surface area contributed by atoms with Crippen molar-refractivity contribution in [3.8, 4) is 0 Å². The summed E-state index contributed by atoms with van der Waals surface area (Å²) in [5, 5.41) is 0. The van der Waals surface area contributed by atoms with E-state index in [9.17, 15) is 8.42 Å². The Hall–Kier alpha value is -0.210. The first-order valence-corrected chi connectivity index (χ1v) is 8.99. The van der Waals surface area contributed by atoms with Gasteiger partial charge in [-0.05, 0) is 25.7 Å². The molecule has 2 atom stereocenters. The van der Waals surface area contributed by atoms with Gasteiger partial charge in [0.15, 0.2) is 0 Å². The average Bonchev–Trinajstić information content (AvgIpc) is 2.39. The molecule has 0 unspecified atom stereocenters. The molecule has 118 valence electrons. The van der Waals surface area contributed by atoms with Crippen molar-refractivity contribution >= 4 is 10.2 Å². The third-order valence-electron chi connectivity index (χ3n) is 3.95. The van der Waals surface area contributed by atoms with Crippen LogP contribution in [0.4, 0.5) is 0 Å². The lowest BCUT2D eigenvalue weighted by Gasteiger charge is -2.33. The Bertz CT molecular complexity index is 396. The predicted molar refractivity (Wildman–Crippen MR) is 78.7 cm³/mol. The summed E-state index contributed by atoms with van der Waals surface area (Å²) in [5.74, 6) is 0.454. The Balaban J connectivity index is 1.83. The second-order valence-corrected chi connectivity index (χ2v) is 7.74. The van der Waals surface area contributed by atoms with Crippen LogP contribution in [0.5, 0.6) is 0 Å². The molecule has 1 N–H and O–H groups in total. The molecule has 2 aliphatic heterocycles. The van der Waals surface area contributed by atoms with Crippen LogP contribution >= 0.6 is 0 Å². The van der Waals surface area contributed by atoms with Crippen LogP contribution in [0, 0.1) is 5.92 Å². The van der Waals surface area contributed by atoms with Gasteiger partial charge in [0.05, 0.1) is 13.2 Å². The zero-order valence-corrected chi connectivity index (χ0v) is 13.4. The van der Waals surface area contributed by atoms with E-state index in [1.165, 1.54) is 0 Å². The summed E-state index contributed by atoms with van der Waals surface area (Å²) in [6, 6.07) is -0.0738. The molecule has 20 heavy (non-hydrogen) atoms. The summed E-state index contributed by atoms with van der Waals surface area (Å²) < 4.78 is 34.4. The minimum absolute atomic E-state index is 0.0738. The highest BCUT2D eigenvalue weighted by molar-refractivity contribution is 7.87. The third-order valence-corrected chi connectivity index (χ3v) is 5.66. The van der Waals surface area contributed by atoms with E-state index in [-0.39, 0.29) is 6.04 Å². The van der Waals surface area contributed by atoms with E-state index in [1.54, 1.807) is 4.31 Å². The summed E-state index contributed by atoms with van der Waals surface area (Å²) in [6.07, 6.45) is 2.08. The Morgan fingerprint density at radius 2 is 2.00 bits per heavy atom. The minimum Gasteiger partial charge on any atom is -0.379 e. The normalized spacial score (nSPS) is 28.4. The molecule has 2 aliphatic rings. The maximum atomic E-state index is 12.4. The molecule has 0 aliphatic carbocycles. The molecule has 2 fully saturated rings.